The molecule has 5 nitrogen and oxygen atoms in total. The first-order valence-corrected chi connectivity index (χ1v) is 8.15. The van der Waals surface area contributed by atoms with Gasteiger partial charge in [-0.15, -0.1) is 0 Å². The number of aryl methyl sites for hydroxylation is 1. The van der Waals surface area contributed by atoms with Crippen molar-refractivity contribution in [2.45, 2.75) is 46.7 Å². The van der Waals surface area contributed by atoms with Crippen LogP contribution in [0, 0.1) is 5.41 Å². The van der Waals surface area contributed by atoms with Crippen LogP contribution in [0.25, 0.3) is 0 Å². The van der Waals surface area contributed by atoms with Gasteiger partial charge in [0.2, 0.25) is 5.91 Å². The Morgan fingerprint density at radius 3 is 2.65 bits per heavy atom. The van der Waals surface area contributed by atoms with Crippen molar-refractivity contribution >= 4 is 5.91 Å². The van der Waals surface area contributed by atoms with Crippen LogP contribution < -0.4 is 0 Å². The average molecular weight is 328 g/mol. The minimum Gasteiger partial charge on any atom is -0.341 e. The fourth-order valence-electron chi connectivity index (χ4n) is 2.75. The monoisotopic (exact) mass is 328 g/mol. The first-order chi connectivity index (χ1) is 10.8. The number of nitrogens with zero attached hydrogens (tertiary/aromatic N) is 4. The number of alkyl halides is 2. The molecule has 0 radical (unpaired) electrons. The molecule has 0 bridgehead atoms. The summed E-state index contributed by atoms with van der Waals surface area (Å²) >= 11 is 0. The lowest BCUT2D eigenvalue weighted by Crippen LogP contribution is -2.46. The van der Waals surface area contributed by atoms with Crippen molar-refractivity contribution in [3.63, 3.8) is 0 Å². The topological polar surface area (TPSA) is 41.4 Å². The van der Waals surface area contributed by atoms with Crippen molar-refractivity contribution in [2.75, 3.05) is 26.2 Å². The summed E-state index contributed by atoms with van der Waals surface area (Å²) < 4.78 is 28.0. The van der Waals surface area contributed by atoms with Gasteiger partial charge in [0.1, 0.15) is 5.41 Å². The zero-order valence-electron chi connectivity index (χ0n) is 14.1. The summed E-state index contributed by atoms with van der Waals surface area (Å²) in [7, 11) is 0. The maximum atomic E-state index is 13.1. The third kappa shape index (κ3) is 4.28. The molecule has 0 saturated carbocycles. The summed E-state index contributed by atoms with van der Waals surface area (Å²) in [6, 6.07) is 0. The van der Waals surface area contributed by atoms with E-state index >= 15 is 0 Å². The van der Waals surface area contributed by atoms with Crippen LogP contribution in [-0.2, 0) is 17.9 Å². The second kappa shape index (κ2) is 7.38. The number of hydrogen-bond donors (Lipinski definition) is 0. The van der Waals surface area contributed by atoms with Gasteiger partial charge in [-0.05, 0) is 27.2 Å². The summed E-state index contributed by atoms with van der Waals surface area (Å²) in [5, 5.41) is 4.26. The van der Waals surface area contributed by atoms with Crippen molar-refractivity contribution in [1.29, 1.82) is 0 Å². The highest BCUT2D eigenvalue weighted by atomic mass is 19.3. The highest BCUT2D eigenvalue weighted by molar-refractivity contribution is 5.82. The molecule has 1 aromatic heterocycles. The van der Waals surface area contributed by atoms with Gasteiger partial charge in [-0.1, -0.05) is 0 Å². The van der Waals surface area contributed by atoms with Crippen LogP contribution in [0.4, 0.5) is 8.78 Å². The smallest absolute Gasteiger partial charge is 0.252 e. The van der Waals surface area contributed by atoms with Crippen molar-refractivity contribution in [1.82, 2.24) is 19.6 Å². The maximum Gasteiger partial charge on any atom is 0.252 e. The Kier molecular flexibility index (Phi) is 5.73. The zero-order valence-corrected chi connectivity index (χ0v) is 14.1. The van der Waals surface area contributed by atoms with Gasteiger partial charge in [0, 0.05) is 51.0 Å². The molecule has 0 aliphatic carbocycles. The Bertz CT molecular complexity index is 530. The quantitative estimate of drug-likeness (QED) is 0.832. The number of halogens is 2. The maximum absolute atomic E-state index is 13.1. The fourth-order valence-corrected chi connectivity index (χ4v) is 2.75. The van der Waals surface area contributed by atoms with Crippen LogP contribution in [0.2, 0.25) is 0 Å². The minimum atomic E-state index is -2.64. The lowest BCUT2D eigenvalue weighted by molar-refractivity contribution is -0.148. The van der Waals surface area contributed by atoms with E-state index in [2.05, 4.69) is 10.00 Å². The van der Waals surface area contributed by atoms with E-state index in [1.165, 1.54) is 13.8 Å². The van der Waals surface area contributed by atoms with Gasteiger partial charge in [0.25, 0.3) is 6.43 Å². The van der Waals surface area contributed by atoms with E-state index in [0.29, 0.717) is 19.6 Å². The predicted octanol–water partition coefficient (Wildman–Crippen LogP) is 2.23. The van der Waals surface area contributed by atoms with Gasteiger partial charge in [0.15, 0.2) is 0 Å². The molecule has 0 atom stereocenters. The van der Waals surface area contributed by atoms with Gasteiger partial charge >= 0.3 is 0 Å². The standard InChI is InChI=1S/C16H26F2N4O/c1-4-22-12-13(10-19-22)11-20-6-5-7-21(9-8-20)15(23)16(2,3)14(17)18/h10,12,14H,4-9,11H2,1-3H3. The molecular weight excluding hydrogens is 302 g/mol. The average Bonchev–Trinajstić information content (AvgIpc) is 2.84. The van der Waals surface area contributed by atoms with Crippen LogP contribution in [0.15, 0.2) is 12.4 Å². The first-order valence-electron chi connectivity index (χ1n) is 8.15. The third-order valence-electron chi connectivity index (χ3n) is 4.39. The highest BCUT2D eigenvalue weighted by Crippen LogP contribution is 2.28. The number of amides is 1. The number of rotatable bonds is 5. The van der Waals surface area contributed by atoms with Gasteiger partial charge in [-0.2, -0.15) is 5.10 Å². The molecule has 2 heterocycles. The van der Waals surface area contributed by atoms with Crippen molar-refractivity contribution in [3.8, 4) is 0 Å². The molecule has 1 saturated heterocycles. The van der Waals surface area contributed by atoms with E-state index < -0.39 is 17.7 Å². The molecule has 0 N–H and O–H groups in total. The Balaban J connectivity index is 1.93. The third-order valence-corrected chi connectivity index (χ3v) is 4.39. The Morgan fingerprint density at radius 2 is 2.04 bits per heavy atom. The molecule has 0 aromatic carbocycles. The van der Waals surface area contributed by atoms with E-state index in [1.54, 1.807) is 4.90 Å². The SMILES string of the molecule is CCn1cc(CN2CCCN(C(=O)C(C)(C)C(F)F)CC2)cn1. The summed E-state index contributed by atoms with van der Waals surface area (Å²) in [6.07, 6.45) is 2.03. The Hall–Kier alpha value is -1.50. The Morgan fingerprint density at radius 1 is 1.30 bits per heavy atom. The second-order valence-corrected chi connectivity index (χ2v) is 6.65. The summed E-state index contributed by atoms with van der Waals surface area (Å²) in [6.45, 7) is 8.89. The molecule has 2 rings (SSSR count). The summed E-state index contributed by atoms with van der Waals surface area (Å²) in [5.41, 5.74) is -0.475. The van der Waals surface area contributed by atoms with Gasteiger partial charge in [0.05, 0.1) is 6.20 Å². The molecule has 1 fully saturated rings. The molecule has 130 valence electrons. The lowest BCUT2D eigenvalue weighted by Gasteiger charge is -2.30. The fraction of sp³-hybridized carbons (Fsp3) is 0.750. The van der Waals surface area contributed by atoms with E-state index in [9.17, 15) is 13.6 Å². The normalized spacial score (nSPS) is 17.6. The highest BCUT2D eigenvalue weighted by Gasteiger charge is 2.40. The Labute approximate surface area is 136 Å². The largest absolute Gasteiger partial charge is 0.341 e. The van der Waals surface area contributed by atoms with Gasteiger partial charge in [-0.3, -0.25) is 14.4 Å². The first kappa shape index (κ1) is 17.8. The molecule has 1 amide bonds. The minimum absolute atomic E-state index is 0.451. The molecule has 0 unspecified atom stereocenters. The molecule has 1 aliphatic rings. The van der Waals surface area contributed by atoms with E-state index in [4.69, 9.17) is 0 Å². The van der Waals surface area contributed by atoms with Gasteiger partial charge in [-0.25, -0.2) is 8.78 Å². The van der Waals surface area contributed by atoms with Crippen molar-refractivity contribution < 1.29 is 13.6 Å². The van der Waals surface area contributed by atoms with Crippen molar-refractivity contribution in [3.05, 3.63) is 18.0 Å². The van der Waals surface area contributed by atoms with Crippen molar-refractivity contribution in [2.24, 2.45) is 5.41 Å². The van der Waals surface area contributed by atoms with E-state index in [0.717, 1.165) is 31.6 Å². The van der Waals surface area contributed by atoms with Crippen LogP contribution in [0.3, 0.4) is 0 Å². The molecule has 7 heteroatoms. The van der Waals surface area contributed by atoms with Crippen LogP contribution in [0.5, 0.6) is 0 Å². The molecule has 1 aromatic rings. The van der Waals surface area contributed by atoms with E-state index in [-0.39, 0.29) is 0 Å². The number of carbonyl (C=O) groups excluding carboxylic acids is 1. The zero-order chi connectivity index (χ0) is 17.0. The summed E-state index contributed by atoms with van der Waals surface area (Å²) in [5.74, 6) is -0.451. The molecular formula is C16H26F2N4O. The molecule has 23 heavy (non-hydrogen) atoms. The molecule has 0 spiro atoms. The second-order valence-electron chi connectivity index (χ2n) is 6.65. The van der Waals surface area contributed by atoms with Crippen LogP contribution in [-0.4, -0.2) is 58.1 Å². The van der Waals surface area contributed by atoms with Crippen LogP contribution >= 0.6 is 0 Å². The van der Waals surface area contributed by atoms with Crippen LogP contribution in [0.1, 0.15) is 32.8 Å². The predicted molar refractivity (Wildman–Crippen MR) is 84.2 cm³/mol. The summed E-state index contributed by atoms with van der Waals surface area (Å²) in [4.78, 5) is 16.2. The number of aromatic nitrogens is 2. The number of carbonyl (C=O) groups is 1. The van der Waals surface area contributed by atoms with Gasteiger partial charge < -0.3 is 4.90 Å². The lowest BCUT2D eigenvalue weighted by atomic mass is 9.92. The molecule has 1 aliphatic heterocycles. The number of hydrogen-bond acceptors (Lipinski definition) is 3. The van der Waals surface area contributed by atoms with E-state index in [1.807, 2.05) is 24.0 Å².